The van der Waals surface area contributed by atoms with E-state index in [0.717, 1.165) is 18.0 Å². The molecule has 0 aliphatic rings. The van der Waals surface area contributed by atoms with Crippen LogP contribution < -0.4 is 5.32 Å². The Balaban J connectivity index is 2.49. The van der Waals surface area contributed by atoms with Gasteiger partial charge < -0.3 is 5.32 Å². The number of benzene rings is 2. The van der Waals surface area contributed by atoms with Crippen LogP contribution in [0.15, 0.2) is 36.4 Å². The zero-order valence-electron chi connectivity index (χ0n) is 12.7. The Kier molecular flexibility index (Phi) is 6.08. The molecular formula is C18H21ClIN. The molecule has 0 radical (unpaired) electrons. The molecular weight excluding hydrogens is 393 g/mol. The highest BCUT2D eigenvalue weighted by atomic mass is 127. The SMILES string of the molecule is CCCNC(c1ccc(C)cc1C)c1cc(Cl)ccc1I. The highest BCUT2D eigenvalue weighted by molar-refractivity contribution is 14.1. The molecule has 0 saturated heterocycles. The summed E-state index contributed by atoms with van der Waals surface area (Å²) in [4.78, 5) is 0. The monoisotopic (exact) mass is 413 g/mol. The predicted molar refractivity (Wildman–Crippen MR) is 100 cm³/mol. The predicted octanol–water partition coefficient (Wildman–Crippen LogP) is 5.65. The molecule has 1 nitrogen and oxygen atoms in total. The van der Waals surface area contributed by atoms with Crippen LogP contribution >= 0.6 is 34.2 Å². The lowest BCUT2D eigenvalue weighted by molar-refractivity contribution is 0.594. The molecule has 0 aliphatic carbocycles. The molecule has 3 heteroatoms. The topological polar surface area (TPSA) is 12.0 Å². The van der Waals surface area contributed by atoms with Crippen molar-refractivity contribution in [1.82, 2.24) is 5.32 Å². The second-order valence-electron chi connectivity index (χ2n) is 5.41. The van der Waals surface area contributed by atoms with Crippen molar-refractivity contribution in [3.63, 3.8) is 0 Å². The van der Waals surface area contributed by atoms with Gasteiger partial charge in [0.05, 0.1) is 6.04 Å². The van der Waals surface area contributed by atoms with Crippen molar-refractivity contribution in [2.24, 2.45) is 0 Å². The molecule has 1 N–H and O–H groups in total. The normalized spacial score (nSPS) is 12.4. The molecule has 112 valence electrons. The zero-order valence-corrected chi connectivity index (χ0v) is 15.6. The maximum atomic E-state index is 6.22. The van der Waals surface area contributed by atoms with Gasteiger partial charge in [-0.1, -0.05) is 42.3 Å². The Labute approximate surface area is 146 Å². The first-order chi connectivity index (χ1) is 10.0. The molecule has 0 bridgehead atoms. The van der Waals surface area contributed by atoms with Crippen LogP contribution in [0.25, 0.3) is 0 Å². The van der Waals surface area contributed by atoms with Crippen molar-refractivity contribution in [3.05, 3.63) is 67.2 Å². The number of aryl methyl sites for hydroxylation is 2. The first-order valence-electron chi connectivity index (χ1n) is 7.28. The molecule has 0 aliphatic heterocycles. The summed E-state index contributed by atoms with van der Waals surface area (Å²) in [5.41, 5.74) is 5.20. The molecule has 2 aromatic carbocycles. The Hall–Kier alpha value is -0.580. The third-order valence-corrected chi connectivity index (χ3v) is 4.82. The molecule has 1 atom stereocenters. The highest BCUT2D eigenvalue weighted by Gasteiger charge is 2.18. The van der Waals surface area contributed by atoms with E-state index in [-0.39, 0.29) is 6.04 Å². The summed E-state index contributed by atoms with van der Waals surface area (Å²) in [6.07, 6.45) is 1.11. The minimum atomic E-state index is 0.191. The standard InChI is InChI=1S/C18H21ClIN/c1-4-9-21-18(15-7-5-12(2)10-13(15)3)16-11-14(19)6-8-17(16)20/h5-8,10-11,18,21H,4,9H2,1-3H3. The summed E-state index contributed by atoms with van der Waals surface area (Å²) in [6.45, 7) is 7.49. The van der Waals surface area contributed by atoms with Crippen LogP contribution in [0.2, 0.25) is 5.02 Å². The van der Waals surface area contributed by atoms with Crippen LogP contribution in [0.1, 0.15) is 41.6 Å². The minimum Gasteiger partial charge on any atom is -0.306 e. The van der Waals surface area contributed by atoms with E-state index >= 15 is 0 Å². The fraction of sp³-hybridized carbons (Fsp3) is 0.333. The van der Waals surface area contributed by atoms with E-state index in [1.54, 1.807) is 0 Å². The van der Waals surface area contributed by atoms with Crippen LogP contribution in [0.3, 0.4) is 0 Å². The van der Waals surface area contributed by atoms with E-state index in [0.29, 0.717) is 0 Å². The fourth-order valence-electron chi connectivity index (χ4n) is 2.56. The van der Waals surface area contributed by atoms with E-state index < -0.39 is 0 Å². The summed E-state index contributed by atoms with van der Waals surface area (Å²) in [5.74, 6) is 0. The van der Waals surface area contributed by atoms with Crippen LogP contribution in [0.5, 0.6) is 0 Å². The molecule has 1 unspecified atom stereocenters. The van der Waals surface area contributed by atoms with Gasteiger partial charge in [-0.05, 0) is 84.3 Å². The van der Waals surface area contributed by atoms with Crippen molar-refractivity contribution in [3.8, 4) is 0 Å². The summed E-state index contributed by atoms with van der Waals surface area (Å²) in [7, 11) is 0. The fourth-order valence-corrected chi connectivity index (χ4v) is 3.39. The van der Waals surface area contributed by atoms with Crippen molar-refractivity contribution in [2.45, 2.75) is 33.2 Å². The second-order valence-corrected chi connectivity index (χ2v) is 7.01. The van der Waals surface area contributed by atoms with Gasteiger partial charge in [0.25, 0.3) is 0 Å². The van der Waals surface area contributed by atoms with Gasteiger partial charge in [0.15, 0.2) is 0 Å². The highest BCUT2D eigenvalue weighted by Crippen LogP contribution is 2.30. The first kappa shape index (κ1) is 16.8. The third-order valence-electron chi connectivity index (χ3n) is 3.60. The van der Waals surface area contributed by atoms with Crippen LogP contribution in [-0.2, 0) is 0 Å². The van der Waals surface area contributed by atoms with Gasteiger partial charge in [-0.15, -0.1) is 0 Å². The molecule has 2 aromatic rings. The van der Waals surface area contributed by atoms with E-state index in [9.17, 15) is 0 Å². The third kappa shape index (κ3) is 4.21. The molecule has 0 saturated carbocycles. The van der Waals surface area contributed by atoms with Crippen molar-refractivity contribution in [2.75, 3.05) is 6.54 Å². The molecule has 21 heavy (non-hydrogen) atoms. The lowest BCUT2D eigenvalue weighted by Crippen LogP contribution is -2.24. The number of nitrogens with one attached hydrogen (secondary N) is 1. The lowest BCUT2D eigenvalue weighted by atomic mass is 9.93. The second kappa shape index (κ2) is 7.61. The summed E-state index contributed by atoms with van der Waals surface area (Å²) in [5, 5.41) is 4.46. The number of halogens is 2. The molecule has 0 spiro atoms. The summed E-state index contributed by atoms with van der Waals surface area (Å²) >= 11 is 8.61. The summed E-state index contributed by atoms with van der Waals surface area (Å²) in [6, 6.07) is 13.0. The van der Waals surface area contributed by atoms with E-state index in [1.165, 1.54) is 25.8 Å². The average Bonchev–Trinajstić information content (AvgIpc) is 2.44. The van der Waals surface area contributed by atoms with E-state index in [2.05, 4.69) is 79.0 Å². The molecule has 0 amide bonds. The molecule has 2 rings (SSSR count). The van der Waals surface area contributed by atoms with Crippen molar-refractivity contribution < 1.29 is 0 Å². The van der Waals surface area contributed by atoms with Crippen LogP contribution in [0.4, 0.5) is 0 Å². The summed E-state index contributed by atoms with van der Waals surface area (Å²) < 4.78 is 1.24. The quantitative estimate of drug-likeness (QED) is 0.625. The Morgan fingerprint density at radius 2 is 1.86 bits per heavy atom. The lowest BCUT2D eigenvalue weighted by Gasteiger charge is -2.23. The molecule has 0 fully saturated rings. The van der Waals surface area contributed by atoms with Gasteiger partial charge in [-0.25, -0.2) is 0 Å². The smallest absolute Gasteiger partial charge is 0.0590 e. The van der Waals surface area contributed by atoms with Crippen molar-refractivity contribution >= 4 is 34.2 Å². The van der Waals surface area contributed by atoms with Gasteiger partial charge >= 0.3 is 0 Å². The zero-order chi connectivity index (χ0) is 15.4. The van der Waals surface area contributed by atoms with Gasteiger partial charge in [0, 0.05) is 8.59 Å². The van der Waals surface area contributed by atoms with E-state index in [1.807, 2.05) is 6.07 Å². The Morgan fingerprint density at radius 3 is 2.52 bits per heavy atom. The first-order valence-corrected chi connectivity index (χ1v) is 8.74. The van der Waals surface area contributed by atoms with E-state index in [4.69, 9.17) is 11.6 Å². The van der Waals surface area contributed by atoms with Gasteiger partial charge in [-0.3, -0.25) is 0 Å². The Bertz CT molecular complexity index is 625. The van der Waals surface area contributed by atoms with Crippen molar-refractivity contribution in [1.29, 1.82) is 0 Å². The number of hydrogen-bond donors (Lipinski definition) is 1. The minimum absolute atomic E-state index is 0.191. The molecule has 0 heterocycles. The van der Waals surface area contributed by atoms with Gasteiger partial charge in [0.1, 0.15) is 0 Å². The average molecular weight is 414 g/mol. The van der Waals surface area contributed by atoms with Crippen LogP contribution in [0, 0.1) is 17.4 Å². The maximum Gasteiger partial charge on any atom is 0.0590 e. The molecule has 0 aromatic heterocycles. The number of rotatable bonds is 5. The maximum absolute atomic E-state index is 6.22. The van der Waals surface area contributed by atoms with Gasteiger partial charge in [0.2, 0.25) is 0 Å². The van der Waals surface area contributed by atoms with Gasteiger partial charge in [-0.2, -0.15) is 0 Å². The Morgan fingerprint density at radius 1 is 1.10 bits per heavy atom. The van der Waals surface area contributed by atoms with Crippen LogP contribution in [-0.4, -0.2) is 6.54 Å². The largest absolute Gasteiger partial charge is 0.306 e. The number of hydrogen-bond acceptors (Lipinski definition) is 1.